The monoisotopic (exact) mass is 666 g/mol. The van der Waals surface area contributed by atoms with Crippen LogP contribution in [0.25, 0.3) is 111 Å². The van der Waals surface area contributed by atoms with Crippen molar-refractivity contribution in [3.05, 3.63) is 158 Å². The summed E-state index contributed by atoms with van der Waals surface area (Å²) in [6.45, 7) is 0. The Morgan fingerprint density at radius 3 is 1.87 bits per heavy atom. The Kier molecular flexibility index (Phi) is 6.15. The van der Waals surface area contributed by atoms with Crippen molar-refractivity contribution >= 4 is 65.4 Å². The highest BCUT2D eigenvalue weighted by atomic mass is 16.3. The number of furan rings is 2. The molecule has 0 aliphatic carbocycles. The van der Waals surface area contributed by atoms with E-state index in [1.165, 1.54) is 5.39 Å². The Morgan fingerprint density at radius 2 is 1.00 bits per heavy atom. The van der Waals surface area contributed by atoms with Crippen LogP contribution in [0.4, 0.5) is 0 Å². The molecule has 0 saturated carbocycles. The smallest absolute Gasteiger partial charge is 0.164 e. The lowest BCUT2D eigenvalue weighted by Gasteiger charge is -2.10. The third kappa shape index (κ3) is 4.51. The number of aromatic nitrogens is 4. The van der Waals surface area contributed by atoms with E-state index in [4.69, 9.17) is 28.8 Å². The van der Waals surface area contributed by atoms with E-state index in [0.29, 0.717) is 17.5 Å². The van der Waals surface area contributed by atoms with Crippen LogP contribution in [0.5, 0.6) is 0 Å². The number of pyridine rings is 1. The predicted molar refractivity (Wildman–Crippen MR) is 209 cm³/mol. The first-order valence-corrected chi connectivity index (χ1v) is 17.2. The van der Waals surface area contributed by atoms with Crippen molar-refractivity contribution in [3.63, 3.8) is 0 Å². The van der Waals surface area contributed by atoms with Crippen molar-refractivity contribution in [2.45, 2.75) is 0 Å². The fourth-order valence-electron chi connectivity index (χ4n) is 7.46. The molecule has 0 atom stereocenters. The molecule has 0 N–H and O–H groups in total. The lowest BCUT2D eigenvalue weighted by atomic mass is 9.99. The van der Waals surface area contributed by atoms with Gasteiger partial charge in [-0.25, -0.2) is 15.0 Å². The summed E-state index contributed by atoms with van der Waals surface area (Å²) in [5.41, 5.74) is 7.95. The second-order valence-electron chi connectivity index (χ2n) is 13.1. The van der Waals surface area contributed by atoms with Crippen LogP contribution in [0.2, 0.25) is 0 Å². The normalized spacial score (nSPS) is 11.8. The topological polar surface area (TPSA) is 77.8 Å². The molecule has 0 radical (unpaired) electrons. The van der Waals surface area contributed by atoms with Crippen LogP contribution in [-0.2, 0) is 0 Å². The molecule has 7 aromatic carbocycles. The SMILES string of the molecule is c1ccc(-c2nc(-c3ccc4cc(-c5nccc6oc7cc8ccccc8cc7c56)ccc4c3)nc(-c3cccc4oc5ccccc5c34)n2)cc1. The number of hydrogen-bond donors (Lipinski definition) is 0. The molecular formula is C46H26N4O2. The largest absolute Gasteiger partial charge is 0.456 e. The summed E-state index contributed by atoms with van der Waals surface area (Å²) in [5, 5.41) is 8.58. The van der Waals surface area contributed by atoms with Gasteiger partial charge in [0, 0.05) is 44.6 Å². The summed E-state index contributed by atoms with van der Waals surface area (Å²) in [5.74, 6) is 1.80. The number of para-hydroxylation sites is 1. The molecule has 242 valence electrons. The minimum atomic E-state index is 0.593. The van der Waals surface area contributed by atoms with Gasteiger partial charge < -0.3 is 8.83 Å². The van der Waals surface area contributed by atoms with Crippen LogP contribution < -0.4 is 0 Å². The minimum absolute atomic E-state index is 0.593. The number of benzene rings is 7. The molecule has 0 saturated heterocycles. The van der Waals surface area contributed by atoms with Gasteiger partial charge in [0.1, 0.15) is 22.3 Å². The minimum Gasteiger partial charge on any atom is -0.456 e. The highest BCUT2D eigenvalue weighted by Gasteiger charge is 2.19. The van der Waals surface area contributed by atoms with Crippen molar-refractivity contribution in [2.24, 2.45) is 0 Å². The van der Waals surface area contributed by atoms with E-state index >= 15 is 0 Å². The van der Waals surface area contributed by atoms with Crippen molar-refractivity contribution in [2.75, 3.05) is 0 Å². The zero-order valence-corrected chi connectivity index (χ0v) is 27.6. The summed E-state index contributed by atoms with van der Waals surface area (Å²) >= 11 is 0. The molecule has 11 rings (SSSR count). The van der Waals surface area contributed by atoms with E-state index < -0.39 is 0 Å². The first kappa shape index (κ1) is 28.6. The third-order valence-corrected chi connectivity index (χ3v) is 9.93. The highest BCUT2D eigenvalue weighted by molar-refractivity contribution is 6.15. The van der Waals surface area contributed by atoms with Gasteiger partial charge in [-0.3, -0.25) is 4.98 Å². The molecule has 0 aliphatic heterocycles. The van der Waals surface area contributed by atoms with Crippen molar-refractivity contribution < 1.29 is 8.83 Å². The maximum absolute atomic E-state index is 6.33. The van der Waals surface area contributed by atoms with Crippen LogP contribution in [0, 0.1) is 0 Å². The molecule has 52 heavy (non-hydrogen) atoms. The van der Waals surface area contributed by atoms with Gasteiger partial charge in [-0.15, -0.1) is 0 Å². The summed E-state index contributed by atoms with van der Waals surface area (Å²) in [6.07, 6.45) is 1.82. The molecule has 0 fully saturated rings. The van der Waals surface area contributed by atoms with E-state index in [1.54, 1.807) is 0 Å². The molecule has 0 amide bonds. The van der Waals surface area contributed by atoms with Crippen LogP contribution in [0.3, 0.4) is 0 Å². The predicted octanol–water partition coefficient (Wildman–Crippen LogP) is 12.0. The molecule has 4 aromatic heterocycles. The van der Waals surface area contributed by atoms with Crippen molar-refractivity contribution in [3.8, 4) is 45.4 Å². The van der Waals surface area contributed by atoms with E-state index in [9.17, 15) is 0 Å². The van der Waals surface area contributed by atoms with Crippen LogP contribution in [-0.4, -0.2) is 19.9 Å². The Balaban J connectivity index is 1.05. The third-order valence-electron chi connectivity index (χ3n) is 9.93. The first-order chi connectivity index (χ1) is 25.7. The number of rotatable bonds is 4. The fraction of sp³-hybridized carbons (Fsp3) is 0. The molecule has 11 aromatic rings. The summed E-state index contributed by atoms with van der Waals surface area (Å²) in [7, 11) is 0. The van der Waals surface area contributed by atoms with Gasteiger partial charge >= 0.3 is 0 Å². The lowest BCUT2D eigenvalue weighted by Crippen LogP contribution is -2.00. The zero-order valence-electron chi connectivity index (χ0n) is 27.6. The van der Waals surface area contributed by atoms with Crippen LogP contribution >= 0.6 is 0 Å². The number of hydrogen-bond acceptors (Lipinski definition) is 6. The average molecular weight is 667 g/mol. The molecule has 4 heterocycles. The molecule has 0 unspecified atom stereocenters. The molecule has 6 nitrogen and oxygen atoms in total. The fourth-order valence-corrected chi connectivity index (χ4v) is 7.46. The van der Waals surface area contributed by atoms with Gasteiger partial charge in [0.05, 0.1) is 11.1 Å². The Bertz CT molecular complexity index is 3200. The summed E-state index contributed by atoms with van der Waals surface area (Å²) in [4.78, 5) is 20.0. The lowest BCUT2D eigenvalue weighted by molar-refractivity contribution is 0.668. The Hall–Kier alpha value is -7.18. The summed E-state index contributed by atoms with van der Waals surface area (Å²) < 4.78 is 12.5. The Labute approximate surface area is 296 Å². The summed E-state index contributed by atoms with van der Waals surface area (Å²) in [6, 6.07) is 51.6. The Morgan fingerprint density at radius 1 is 0.365 bits per heavy atom. The van der Waals surface area contributed by atoms with E-state index in [1.807, 2.05) is 72.9 Å². The second-order valence-corrected chi connectivity index (χ2v) is 13.1. The highest BCUT2D eigenvalue weighted by Crippen LogP contribution is 2.39. The van der Waals surface area contributed by atoms with Gasteiger partial charge in [0.2, 0.25) is 0 Å². The standard InChI is InChI=1S/C46H26N4O2/c1-2-9-27(10-3-1)44-48-45(50-46(49-44)35-14-8-16-38-41(35)34-13-6-7-15-37(34)51-38)33-20-18-30-23-32(19-17-31(30)24-33)43-42-36-25-28-11-4-5-12-29(28)26-40(36)52-39(42)21-22-47-43/h1-26H. The van der Waals surface area contributed by atoms with Gasteiger partial charge in [-0.2, -0.15) is 0 Å². The van der Waals surface area contributed by atoms with E-state index in [2.05, 4.69) is 84.9 Å². The maximum atomic E-state index is 6.33. The quantitative estimate of drug-likeness (QED) is 0.186. The zero-order chi connectivity index (χ0) is 34.2. The first-order valence-electron chi connectivity index (χ1n) is 17.2. The van der Waals surface area contributed by atoms with Crippen LogP contribution in [0.15, 0.2) is 167 Å². The van der Waals surface area contributed by atoms with Gasteiger partial charge in [-0.05, 0) is 64.0 Å². The molecule has 0 bridgehead atoms. The van der Waals surface area contributed by atoms with E-state index in [-0.39, 0.29) is 0 Å². The number of nitrogens with zero attached hydrogens (tertiary/aromatic N) is 4. The van der Waals surface area contributed by atoms with Gasteiger partial charge in [0.25, 0.3) is 0 Å². The van der Waals surface area contributed by atoms with Crippen LogP contribution in [0.1, 0.15) is 0 Å². The number of fused-ring (bicyclic) bond motifs is 8. The molecule has 0 aliphatic rings. The van der Waals surface area contributed by atoms with Gasteiger partial charge in [-0.1, -0.05) is 109 Å². The maximum Gasteiger partial charge on any atom is 0.164 e. The molecular weight excluding hydrogens is 641 g/mol. The molecule has 0 spiro atoms. The van der Waals surface area contributed by atoms with Crippen molar-refractivity contribution in [1.29, 1.82) is 0 Å². The second kappa shape index (κ2) is 11.2. The molecule has 6 heteroatoms. The van der Waals surface area contributed by atoms with Gasteiger partial charge in [0.15, 0.2) is 17.5 Å². The van der Waals surface area contributed by atoms with Crippen molar-refractivity contribution in [1.82, 2.24) is 19.9 Å². The van der Waals surface area contributed by atoms with E-state index in [0.717, 1.165) is 88.0 Å². The average Bonchev–Trinajstić information content (AvgIpc) is 3.77.